The Morgan fingerprint density at radius 1 is 1.15 bits per heavy atom. The van der Waals surface area contributed by atoms with Crippen LogP contribution in [0.15, 0.2) is 28.7 Å². The molecule has 1 aromatic rings. The fourth-order valence-electron chi connectivity index (χ4n) is 2.51. The molecule has 0 unspecified atom stereocenters. The summed E-state index contributed by atoms with van der Waals surface area (Å²) in [5, 5.41) is 3.03. The molecule has 4 nitrogen and oxygen atoms in total. The molecule has 20 heavy (non-hydrogen) atoms. The number of hydrogen-bond donors (Lipinski definition) is 1. The molecule has 1 fully saturated rings. The van der Waals surface area contributed by atoms with Gasteiger partial charge in [0.1, 0.15) is 0 Å². The van der Waals surface area contributed by atoms with E-state index >= 15 is 0 Å². The predicted octanol–water partition coefficient (Wildman–Crippen LogP) is 2.91. The van der Waals surface area contributed by atoms with Crippen molar-refractivity contribution in [1.82, 2.24) is 5.32 Å². The molecule has 1 aliphatic carbocycles. The maximum absolute atomic E-state index is 12.1. The van der Waals surface area contributed by atoms with Crippen LogP contribution in [0.3, 0.4) is 0 Å². The van der Waals surface area contributed by atoms with Crippen LogP contribution in [0, 0.1) is 5.92 Å². The van der Waals surface area contributed by atoms with E-state index in [2.05, 4.69) is 21.2 Å². The molecule has 0 aromatic heterocycles. The molecule has 0 bridgehead atoms. The largest absolute Gasteiger partial charge is 0.469 e. The van der Waals surface area contributed by atoms with Gasteiger partial charge in [-0.25, -0.2) is 0 Å². The van der Waals surface area contributed by atoms with Gasteiger partial charge in [-0.15, -0.1) is 0 Å². The van der Waals surface area contributed by atoms with Crippen LogP contribution in [0.4, 0.5) is 0 Å². The van der Waals surface area contributed by atoms with E-state index in [1.807, 2.05) is 12.1 Å². The minimum Gasteiger partial charge on any atom is -0.469 e. The third kappa shape index (κ3) is 3.82. The summed E-state index contributed by atoms with van der Waals surface area (Å²) in [5.74, 6) is -0.206. The van der Waals surface area contributed by atoms with Crippen LogP contribution in [0.2, 0.25) is 0 Å². The second-order valence-electron chi connectivity index (χ2n) is 5.05. The number of carbonyl (C=O) groups is 2. The lowest BCUT2D eigenvalue weighted by Crippen LogP contribution is -2.38. The second-order valence-corrected chi connectivity index (χ2v) is 5.97. The maximum atomic E-state index is 12.1. The molecule has 2 rings (SSSR count). The van der Waals surface area contributed by atoms with Gasteiger partial charge in [-0.3, -0.25) is 9.59 Å². The third-order valence-corrected chi connectivity index (χ3v) is 4.23. The number of halogens is 1. The van der Waals surface area contributed by atoms with Gasteiger partial charge in [-0.2, -0.15) is 0 Å². The normalized spacial score (nSPS) is 22.1. The molecule has 1 amide bonds. The summed E-state index contributed by atoms with van der Waals surface area (Å²) in [7, 11) is 1.42. The number of nitrogens with one attached hydrogen (secondary N) is 1. The topological polar surface area (TPSA) is 55.4 Å². The van der Waals surface area contributed by atoms with E-state index in [1.54, 1.807) is 12.1 Å². The average molecular weight is 340 g/mol. The molecule has 1 saturated carbocycles. The number of methoxy groups -OCH3 is 1. The van der Waals surface area contributed by atoms with E-state index in [9.17, 15) is 9.59 Å². The third-order valence-electron chi connectivity index (χ3n) is 3.70. The summed E-state index contributed by atoms with van der Waals surface area (Å²) in [5.41, 5.74) is 0.656. The van der Waals surface area contributed by atoms with E-state index in [4.69, 9.17) is 4.74 Å². The van der Waals surface area contributed by atoms with Crippen molar-refractivity contribution in [3.63, 3.8) is 0 Å². The molecule has 5 heteroatoms. The van der Waals surface area contributed by atoms with Crippen molar-refractivity contribution in [2.45, 2.75) is 31.7 Å². The van der Waals surface area contributed by atoms with Crippen LogP contribution in [0.5, 0.6) is 0 Å². The van der Waals surface area contributed by atoms with Crippen LogP contribution in [0.1, 0.15) is 36.0 Å². The predicted molar refractivity (Wildman–Crippen MR) is 79.4 cm³/mol. The standard InChI is InChI=1S/C15H18BrNO3/c1-20-15(19)11-4-8-13(9-5-11)17-14(18)10-2-6-12(16)7-3-10/h2-3,6-7,11,13H,4-5,8-9H2,1H3,(H,17,18). The number of hydrogen-bond acceptors (Lipinski definition) is 3. The van der Waals surface area contributed by atoms with Crippen molar-refractivity contribution in [2.75, 3.05) is 7.11 Å². The minimum atomic E-state index is -0.136. The van der Waals surface area contributed by atoms with Crippen molar-refractivity contribution in [2.24, 2.45) is 5.92 Å². The van der Waals surface area contributed by atoms with Gasteiger partial charge in [0.2, 0.25) is 0 Å². The zero-order valence-electron chi connectivity index (χ0n) is 11.4. The smallest absolute Gasteiger partial charge is 0.308 e. The maximum Gasteiger partial charge on any atom is 0.308 e. The lowest BCUT2D eigenvalue weighted by molar-refractivity contribution is -0.146. The number of amides is 1. The molecule has 1 aromatic carbocycles. The van der Waals surface area contributed by atoms with Crippen molar-refractivity contribution in [3.8, 4) is 0 Å². The Bertz CT molecular complexity index is 478. The highest BCUT2D eigenvalue weighted by Crippen LogP contribution is 2.25. The zero-order chi connectivity index (χ0) is 14.5. The van der Waals surface area contributed by atoms with Gasteiger partial charge >= 0.3 is 5.97 Å². The summed E-state index contributed by atoms with van der Waals surface area (Å²) in [6, 6.07) is 7.43. The Morgan fingerprint density at radius 2 is 1.75 bits per heavy atom. The zero-order valence-corrected chi connectivity index (χ0v) is 13.0. The average Bonchev–Trinajstić information content (AvgIpc) is 2.48. The van der Waals surface area contributed by atoms with Gasteiger partial charge in [0.25, 0.3) is 5.91 Å². The second kappa shape index (κ2) is 6.88. The summed E-state index contributed by atoms with van der Waals surface area (Å²) in [4.78, 5) is 23.5. The van der Waals surface area contributed by atoms with Gasteiger partial charge in [0, 0.05) is 16.1 Å². The fourth-order valence-corrected chi connectivity index (χ4v) is 2.77. The van der Waals surface area contributed by atoms with Crippen LogP contribution in [-0.4, -0.2) is 25.0 Å². The van der Waals surface area contributed by atoms with Gasteiger partial charge in [0.15, 0.2) is 0 Å². The molecule has 1 N–H and O–H groups in total. The van der Waals surface area contributed by atoms with E-state index < -0.39 is 0 Å². The van der Waals surface area contributed by atoms with Crippen LogP contribution < -0.4 is 5.32 Å². The molecule has 1 aliphatic rings. The molecule has 108 valence electrons. The molecule has 0 spiro atoms. The molecule has 0 aliphatic heterocycles. The lowest BCUT2D eigenvalue weighted by Gasteiger charge is -2.27. The molecule has 0 saturated heterocycles. The van der Waals surface area contributed by atoms with E-state index in [0.717, 1.165) is 30.2 Å². The number of benzene rings is 1. The Hall–Kier alpha value is -1.36. The molecule has 0 radical (unpaired) electrons. The fraction of sp³-hybridized carbons (Fsp3) is 0.467. The molecule has 0 atom stereocenters. The summed E-state index contributed by atoms with van der Waals surface area (Å²) < 4.78 is 5.71. The van der Waals surface area contributed by atoms with Crippen LogP contribution in [-0.2, 0) is 9.53 Å². The Kier molecular flexibility index (Phi) is 5.17. The summed E-state index contributed by atoms with van der Waals surface area (Å²) in [6.07, 6.45) is 3.19. The van der Waals surface area contributed by atoms with E-state index in [1.165, 1.54) is 7.11 Å². The number of carbonyl (C=O) groups excluding carboxylic acids is 2. The van der Waals surface area contributed by atoms with Crippen LogP contribution in [0.25, 0.3) is 0 Å². The van der Waals surface area contributed by atoms with Gasteiger partial charge in [-0.1, -0.05) is 15.9 Å². The SMILES string of the molecule is COC(=O)C1CCC(NC(=O)c2ccc(Br)cc2)CC1. The van der Waals surface area contributed by atoms with Gasteiger partial charge in [-0.05, 0) is 49.9 Å². The number of esters is 1. The highest BCUT2D eigenvalue weighted by molar-refractivity contribution is 9.10. The van der Waals surface area contributed by atoms with Gasteiger partial charge in [0.05, 0.1) is 13.0 Å². The van der Waals surface area contributed by atoms with Crippen LogP contribution >= 0.6 is 15.9 Å². The lowest BCUT2D eigenvalue weighted by atomic mass is 9.86. The Labute approximate surface area is 127 Å². The highest BCUT2D eigenvalue weighted by Gasteiger charge is 2.27. The van der Waals surface area contributed by atoms with Crippen molar-refractivity contribution < 1.29 is 14.3 Å². The number of rotatable bonds is 3. The highest BCUT2D eigenvalue weighted by atomic mass is 79.9. The van der Waals surface area contributed by atoms with Crippen molar-refractivity contribution >= 4 is 27.8 Å². The quantitative estimate of drug-likeness (QED) is 0.861. The van der Waals surface area contributed by atoms with Crippen molar-refractivity contribution in [1.29, 1.82) is 0 Å². The Morgan fingerprint density at radius 3 is 2.30 bits per heavy atom. The summed E-state index contributed by atoms with van der Waals surface area (Å²) >= 11 is 3.34. The number of ether oxygens (including phenoxy) is 1. The first-order valence-electron chi connectivity index (χ1n) is 6.74. The first kappa shape index (κ1) is 15.0. The Balaban J connectivity index is 1.85. The summed E-state index contributed by atoms with van der Waals surface area (Å²) in [6.45, 7) is 0. The first-order valence-corrected chi connectivity index (χ1v) is 7.53. The molecular formula is C15H18BrNO3. The van der Waals surface area contributed by atoms with Crippen molar-refractivity contribution in [3.05, 3.63) is 34.3 Å². The first-order chi connectivity index (χ1) is 9.60. The van der Waals surface area contributed by atoms with E-state index in [0.29, 0.717) is 5.56 Å². The minimum absolute atomic E-state index is 0.0131. The van der Waals surface area contributed by atoms with E-state index in [-0.39, 0.29) is 23.8 Å². The monoisotopic (exact) mass is 339 g/mol. The molecule has 0 heterocycles. The molecular weight excluding hydrogens is 322 g/mol. The van der Waals surface area contributed by atoms with Gasteiger partial charge < -0.3 is 10.1 Å².